The Morgan fingerprint density at radius 1 is 0.500 bits per heavy atom. The van der Waals surface area contributed by atoms with E-state index in [0.717, 1.165) is 51.4 Å². The van der Waals surface area contributed by atoms with Crippen molar-refractivity contribution in [2.75, 3.05) is 19.8 Å². The predicted octanol–water partition coefficient (Wildman–Crippen LogP) is 6.33. The molecule has 2 fully saturated rings. The zero-order valence-corrected chi connectivity index (χ0v) is 42.3. The molecule has 1 saturated heterocycles. The van der Waals surface area contributed by atoms with Gasteiger partial charge in [-0.3, -0.25) is 18.6 Å². The van der Waals surface area contributed by atoms with Gasteiger partial charge in [0.1, 0.15) is 67.6 Å². The molecule has 9 N–H and O–H groups in total. The molecule has 18 nitrogen and oxygen atoms in total. The standard InChI is InChI=1S/C49H93O18P/c1-3-5-7-9-11-13-15-17-18-19-20-22-23-25-27-29-31-38(51)62-34-36(64-39(52)32-30-28-26-24-21-16-14-12-10-8-6-4-2)35-63-68(60,61)67-48-45(58)43(56)42(55)44(57)47(48)66-49-46(59)41(54)40(53)37(33-50)65-49/h36-37,40-50,53-59H,3-35H2,1-2H3,(H,60,61). The molecule has 1 saturated carbocycles. The zero-order chi connectivity index (χ0) is 50.2. The van der Waals surface area contributed by atoms with Crippen molar-refractivity contribution in [1.82, 2.24) is 0 Å². The number of phosphoric acid groups is 1. The third-order valence-electron chi connectivity index (χ3n) is 13.1. The van der Waals surface area contributed by atoms with E-state index < -0.39 is 113 Å². The van der Waals surface area contributed by atoms with Crippen molar-refractivity contribution in [3.05, 3.63) is 0 Å². The lowest BCUT2D eigenvalue weighted by Crippen LogP contribution is -2.67. The Morgan fingerprint density at radius 2 is 0.882 bits per heavy atom. The normalized spacial score (nSPS) is 27.7. The fourth-order valence-electron chi connectivity index (χ4n) is 8.70. The van der Waals surface area contributed by atoms with Gasteiger partial charge < -0.3 is 64.7 Å². The van der Waals surface area contributed by atoms with Crippen LogP contribution in [-0.4, -0.2) is 151 Å². The molecule has 0 aromatic rings. The number of rotatable bonds is 41. The molecule has 0 spiro atoms. The van der Waals surface area contributed by atoms with Gasteiger partial charge in [-0.25, -0.2) is 4.57 Å². The number of hydrogen-bond donors (Lipinski definition) is 9. The van der Waals surface area contributed by atoms with E-state index in [1.54, 1.807) is 0 Å². The highest BCUT2D eigenvalue weighted by molar-refractivity contribution is 7.47. The lowest BCUT2D eigenvalue weighted by atomic mass is 9.84. The maximum absolute atomic E-state index is 13.4. The predicted molar refractivity (Wildman–Crippen MR) is 254 cm³/mol. The van der Waals surface area contributed by atoms with E-state index in [1.807, 2.05) is 0 Å². The van der Waals surface area contributed by atoms with E-state index in [0.29, 0.717) is 12.8 Å². The first-order valence-electron chi connectivity index (χ1n) is 26.4. The zero-order valence-electron chi connectivity index (χ0n) is 41.4. The van der Waals surface area contributed by atoms with Gasteiger partial charge in [0, 0.05) is 12.8 Å². The molecular weight excluding hydrogens is 907 g/mol. The molecule has 2 rings (SSSR count). The Kier molecular flexibility index (Phi) is 34.5. The van der Waals surface area contributed by atoms with Crippen LogP contribution in [-0.2, 0) is 42.1 Å². The van der Waals surface area contributed by atoms with Crippen LogP contribution in [0.1, 0.15) is 206 Å². The van der Waals surface area contributed by atoms with Gasteiger partial charge in [-0.2, -0.15) is 0 Å². The Morgan fingerprint density at radius 3 is 1.31 bits per heavy atom. The summed E-state index contributed by atoms with van der Waals surface area (Å²) < 4.78 is 45.5. The van der Waals surface area contributed by atoms with E-state index in [1.165, 1.54) is 116 Å². The second-order valence-electron chi connectivity index (χ2n) is 19.1. The third-order valence-corrected chi connectivity index (χ3v) is 14.0. The maximum Gasteiger partial charge on any atom is 0.472 e. The SMILES string of the molecule is CCCCCCCCCCCCCCCCCCC(=O)OCC(COP(=O)(O)OC1C(O)C(O)C(O)C(O)C1OC1OC(CO)C(O)C(O)C1O)OC(=O)CCCCCCCCCCCCCC. The van der Waals surface area contributed by atoms with Gasteiger partial charge in [0.15, 0.2) is 12.4 Å². The number of aliphatic hydroxyl groups is 8. The summed E-state index contributed by atoms with van der Waals surface area (Å²) in [6.07, 6.45) is 8.98. The van der Waals surface area contributed by atoms with Crippen LogP contribution in [0.2, 0.25) is 0 Å². The smallest absolute Gasteiger partial charge is 0.462 e. The van der Waals surface area contributed by atoms with E-state index in [4.69, 9.17) is 28.0 Å². The fourth-order valence-corrected chi connectivity index (χ4v) is 9.67. The summed E-state index contributed by atoms with van der Waals surface area (Å²) in [5, 5.41) is 82.9. The molecule has 68 heavy (non-hydrogen) atoms. The van der Waals surface area contributed by atoms with Gasteiger partial charge in [0.25, 0.3) is 0 Å². The van der Waals surface area contributed by atoms with Crippen molar-refractivity contribution in [3.8, 4) is 0 Å². The lowest BCUT2D eigenvalue weighted by molar-refractivity contribution is -0.338. The Hall–Kier alpha value is -1.35. The molecular formula is C49H93O18P. The number of ether oxygens (including phenoxy) is 4. The molecule has 402 valence electrons. The number of hydrogen-bond acceptors (Lipinski definition) is 17. The summed E-state index contributed by atoms with van der Waals surface area (Å²) in [5.74, 6) is -1.20. The molecule has 13 atom stereocenters. The Balaban J connectivity index is 1.92. The van der Waals surface area contributed by atoms with Crippen LogP contribution in [0.5, 0.6) is 0 Å². The maximum atomic E-state index is 13.4. The van der Waals surface area contributed by atoms with E-state index in [9.17, 15) is 59.9 Å². The number of carbonyl (C=O) groups is 2. The highest BCUT2D eigenvalue weighted by Gasteiger charge is 2.55. The first-order valence-corrected chi connectivity index (χ1v) is 27.9. The van der Waals surface area contributed by atoms with Crippen molar-refractivity contribution in [1.29, 1.82) is 0 Å². The molecule has 0 bridgehead atoms. The molecule has 1 aliphatic heterocycles. The molecule has 0 aromatic heterocycles. The van der Waals surface area contributed by atoms with Crippen molar-refractivity contribution in [3.63, 3.8) is 0 Å². The summed E-state index contributed by atoms with van der Waals surface area (Å²) in [6, 6.07) is 0. The summed E-state index contributed by atoms with van der Waals surface area (Å²) in [4.78, 5) is 36.5. The summed E-state index contributed by atoms with van der Waals surface area (Å²) in [5.41, 5.74) is 0. The largest absolute Gasteiger partial charge is 0.472 e. The van der Waals surface area contributed by atoms with Crippen LogP contribution in [0.25, 0.3) is 0 Å². The van der Waals surface area contributed by atoms with Crippen molar-refractivity contribution in [2.45, 2.75) is 280 Å². The Labute approximate surface area is 406 Å². The second kappa shape index (κ2) is 37.4. The fraction of sp³-hybridized carbons (Fsp3) is 0.959. The Bertz CT molecular complexity index is 1330. The molecule has 0 radical (unpaired) electrons. The van der Waals surface area contributed by atoms with Crippen LogP contribution in [0.15, 0.2) is 0 Å². The lowest BCUT2D eigenvalue weighted by Gasteiger charge is -2.47. The summed E-state index contributed by atoms with van der Waals surface area (Å²) in [7, 11) is -5.37. The van der Waals surface area contributed by atoms with E-state index in [-0.39, 0.29) is 12.8 Å². The summed E-state index contributed by atoms with van der Waals surface area (Å²) in [6.45, 7) is 2.25. The number of aliphatic hydroxyl groups excluding tert-OH is 8. The van der Waals surface area contributed by atoms with Gasteiger partial charge in [0.05, 0.1) is 13.2 Å². The van der Waals surface area contributed by atoms with Gasteiger partial charge in [0.2, 0.25) is 0 Å². The number of unbranched alkanes of at least 4 members (excludes halogenated alkanes) is 26. The highest BCUT2D eigenvalue weighted by atomic mass is 31.2. The molecule has 1 heterocycles. The van der Waals surface area contributed by atoms with Gasteiger partial charge >= 0.3 is 19.8 Å². The van der Waals surface area contributed by atoms with Crippen LogP contribution >= 0.6 is 7.82 Å². The topological polar surface area (TPSA) is 289 Å². The molecule has 0 amide bonds. The minimum atomic E-state index is -5.37. The first-order chi connectivity index (χ1) is 32.7. The number of carbonyl (C=O) groups excluding carboxylic acids is 2. The summed E-state index contributed by atoms with van der Waals surface area (Å²) >= 11 is 0. The average molecular weight is 1000 g/mol. The average Bonchev–Trinajstić information content (AvgIpc) is 3.32. The quantitative estimate of drug-likeness (QED) is 0.0184. The van der Waals surface area contributed by atoms with Crippen molar-refractivity contribution < 1.29 is 87.9 Å². The molecule has 1 aliphatic carbocycles. The monoisotopic (exact) mass is 1000 g/mol. The van der Waals surface area contributed by atoms with Gasteiger partial charge in [-0.05, 0) is 12.8 Å². The van der Waals surface area contributed by atoms with Crippen LogP contribution in [0.3, 0.4) is 0 Å². The van der Waals surface area contributed by atoms with Crippen LogP contribution in [0.4, 0.5) is 0 Å². The molecule has 0 aromatic carbocycles. The first kappa shape index (κ1) is 62.8. The van der Waals surface area contributed by atoms with Crippen molar-refractivity contribution >= 4 is 19.8 Å². The van der Waals surface area contributed by atoms with Gasteiger partial charge in [-0.1, -0.05) is 181 Å². The third kappa shape index (κ3) is 25.9. The molecule has 13 unspecified atom stereocenters. The van der Waals surface area contributed by atoms with E-state index in [2.05, 4.69) is 13.8 Å². The molecule has 19 heteroatoms. The molecule has 2 aliphatic rings. The van der Waals surface area contributed by atoms with Gasteiger partial charge in [-0.15, -0.1) is 0 Å². The minimum Gasteiger partial charge on any atom is -0.462 e. The van der Waals surface area contributed by atoms with E-state index >= 15 is 0 Å². The van der Waals surface area contributed by atoms with Crippen molar-refractivity contribution in [2.24, 2.45) is 0 Å². The number of esters is 2. The second-order valence-corrected chi connectivity index (χ2v) is 20.5. The highest BCUT2D eigenvalue weighted by Crippen LogP contribution is 2.48. The number of phosphoric ester groups is 1. The van der Waals surface area contributed by atoms with Crippen LogP contribution in [0, 0.1) is 0 Å². The minimum absolute atomic E-state index is 0.0394. The van der Waals surface area contributed by atoms with Crippen LogP contribution < -0.4 is 0 Å².